The average Bonchev–Trinajstić information content (AvgIpc) is 2.33. The highest BCUT2D eigenvalue weighted by Gasteiger charge is 2.07. The predicted octanol–water partition coefficient (Wildman–Crippen LogP) is 3.98. The summed E-state index contributed by atoms with van der Waals surface area (Å²) in [4.78, 5) is 11.9. The van der Waals surface area contributed by atoms with E-state index in [1.54, 1.807) is 12.1 Å². The molecule has 2 aromatic rings. The summed E-state index contributed by atoms with van der Waals surface area (Å²) in [6.45, 7) is 0. The van der Waals surface area contributed by atoms with Gasteiger partial charge in [0.15, 0.2) is 0 Å². The van der Waals surface area contributed by atoms with Gasteiger partial charge in [0.2, 0.25) is 5.91 Å². The summed E-state index contributed by atoms with van der Waals surface area (Å²) < 4.78 is 1.84. The fourth-order valence-corrected chi connectivity index (χ4v) is 2.50. The van der Waals surface area contributed by atoms with Crippen molar-refractivity contribution in [3.8, 4) is 0 Å². The molecule has 5 heteroatoms. The van der Waals surface area contributed by atoms with Crippen LogP contribution in [0.5, 0.6) is 0 Å². The molecule has 1 amide bonds. The summed E-state index contributed by atoms with van der Waals surface area (Å²) in [6.07, 6.45) is 0.314. The summed E-state index contributed by atoms with van der Waals surface area (Å²) in [5.41, 5.74) is 7.95. The van der Waals surface area contributed by atoms with Crippen molar-refractivity contribution in [3.05, 3.63) is 57.0 Å². The van der Waals surface area contributed by atoms with E-state index < -0.39 is 0 Å². The lowest BCUT2D eigenvalue weighted by molar-refractivity contribution is -0.115. The van der Waals surface area contributed by atoms with Gasteiger partial charge in [0.25, 0.3) is 0 Å². The number of benzene rings is 2. The van der Waals surface area contributed by atoms with Gasteiger partial charge in [-0.25, -0.2) is 0 Å². The third kappa shape index (κ3) is 4.08. The molecule has 0 atom stereocenters. The molecule has 2 aromatic carbocycles. The van der Waals surface area contributed by atoms with Gasteiger partial charge in [-0.15, -0.1) is 0 Å². The van der Waals surface area contributed by atoms with Crippen molar-refractivity contribution in [1.82, 2.24) is 0 Å². The zero-order valence-corrected chi connectivity index (χ0v) is 13.2. The van der Waals surface area contributed by atoms with Gasteiger partial charge in [-0.1, -0.05) is 44.0 Å². The maximum atomic E-state index is 11.9. The van der Waals surface area contributed by atoms with Gasteiger partial charge in [-0.2, -0.15) is 0 Å². The molecule has 3 nitrogen and oxygen atoms in total. The highest BCUT2D eigenvalue weighted by Crippen LogP contribution is 2.23. The van der Waals surface area contributed by atoms with Gasteiger partial charge in [-0.3, -0.25) is 4.79 Å². The number of nitrogens with two attached hydrogens (primary N) is 1. The number of carbonyl (C=O) groups excluding carboxylic acids is 1. The van der Waals surface area contributed by atoms with Crippen molar-refractivity contribution in [1.29, 1.82) is 0 Å². The molecule has 2 rings (SSSR count). The minimum absolute atomic E-state index is 0.0906. The fourth-order valence-electron chi connectivity index (χ4n) is 1.67. The molecule has 0 bridgehead atoms. The normalized spacial score (nSPS) is 10.2. The average molecular weight is 384 g/mol. The zero-order chi connectivity index (χ0) is 13.8. The molecule has 98 valence electrons. The Bertz CT molecular complexity index is 614. The number of hydrogen-bond acceptors (Lipinski definition) is 2. The summed E-state index contributed by atoms with van der Waals surface area (Å²) in [5.74, 6) is -0.0906. The van der Waals surface area contributed by atoms with Crippen LogP contribution in [0.25, 0.3) is 0 Å². The van der Waals surface area contributed by atoms with Crippen LogP contribution in [-0.4, -0.2) is 5.91 Å². The van der Waals surface area contributed by atoms with Crippen LogP contribution in [0, 0.1) is 0 Å². The monoisotopic (exact) mass is 382 g/mol. The lowest BCUT2D eigenvalue weighted by atomic mass is 10.1. The Kier molecular flexibility index (Phi) is 4.61. The van der Waals surface area contributed by atoms with Gasteiger partial charge < -0.3 is 11.1 Å². The second-order valence-electron chi connectivity index (χ2n) is 4.09. The van der Waals surface area contributed by atoms with Gasteiger partial charge >= 0.3 is 0 Å². The van der Waals surface area contributed by atoms with Crippen molar-refractivity contribution in [2.75, 3.05) is 11.1 Å². The smallest absolute Gasteiger partial charge is 0.228 e. The molecule has 0 radical (unpaired) electrons. The molecule has 0 aliphatic rings. The first-order valence-electron chi connectivity index (χ1n) is 5.64. The molecular weight excluding hydrogens is 372 g/mol. The Balaban J connectivity index is 2.05. The summed E-state index contributed by atoms with van der Waals surface area (Å²) in [7, 11) is 0. The molecule has 0 saturated carbocycles. The van der Waals surface area contributed by atoms with Crippen molar-refractivity contribution in [2.24, 2.45) is 0 Å². The van der Waals surface area contributed by atoms with Crippen LogP contribution in [0.1, 0.15) is 5.56 Å². The van der Waals surface area contributed by atoms with E-state index in [1.165, 1.54) is 0 Å². The number of carbonyl (C=O) groups is 1. The largest absolute Gasteiger partial charge is 0.397 e. The Morgan fingerprint density at radius 1 is 1.11 bits per heavy atom. The third-order valence-corrected chi connectivity index (χ3v) is 3.53. The molecule has 0 aliphatic heterocycles. The number of anilines is 2. The van der Waals surface area contributed by atoms with Crippen molar-refractivity contribution in [3.63, 3.8) is 0 Å². The predicted molar refractivity (Wildman–Crippen MR) is 85.0 cm³/mol. The van der Waals surface area contributed by atoms with Crippen LogP contribution in [0.3, 0.4) is 0 Å². The first-order chi connectivity index (χ1) is 9.04. The molecular formula is C14H12Br2N2O. The van der Waals surface area contributed by atoms with Crippen LogP contribution in [0.2, 0.25) is 0 Å². The Morgan fingerprint density at radius 3 is 2.53 bits per heavy atom. The van der Waals surface area contributed by atoms with Gasteiger partial charge in [0.1, 0.15) is 0 Å². The van der Waals surface area contributed by atoms with Gasteiger partial charge in [-0.05, 0) is 35.9 Å². The lowest BCUT2D eigenvalue weighted by Gasteiger charge is -2.08. The van der Waals surface area contributed by atoms with Crippen LogP contribution in [0.4, 0.5) is 11.4 Å². The maximum Gasteiger partial charge on any atom is 0.228 e. The molecule has 19 heavy (non-hydrogen) atoms. The standard InChI is InChI=1S/C14H12Br2N2O/c15-10-3-1-2-9(6-10)7-14(19)18-13-5-4-11(16)8-12(13)17/h1-6,8H,7,17H2,(H,18,19). The molecule has 0 aliphatic carbocycles. The van der Waals surface area contributed by atoms with Crippen LogP contribution < -0.4 is 11.1 Å². The molecule has 0 unspecified atom stereocenters. The topological polar surface area (TPSA) is 55.1 Å². The molecule has 0 spiro atoms. The molecule has 0 heterocycles. The summed E-state index contributed by atoms with van der Waals surface area (Å²) in [6, 6.07) is 13.0. The first kappa shape index (κ1) is 14.1. The second kappa shape index (κ2) is 6.21. The number of nitrogens with one attached hydrogen (secondary N) is 1. The van der Waals surface area contributed by atoms with E-state index in [0.717, 1.165) is 14.5 Å². The number of halogens is 2. The number of nitrogen functional groups attached to an aromatic ring is 1. The molecule has 0 aromatic heterocycles. The van der Waals surface area contributed by atoms with Crippen LogP contribution >= 0.6 is 31.9 Å². The van der Waals surface area contributed by atoms with E-state index >= 15 is 0 Å². The van der Waals surface area contributed by atoms with Gasteiger partial charge in [0, 0.05) is 8.95 Å². The van der Waals surface area contributed by atoms with E-state index in [9.17, 15) is 4.79 Å². The zero-order valence-electron chi connectivity index (χ0n) is 9.99. The Hall–Kier alpha value is -1.33. The minimum Gasteiger partial charge on any atom is -0.397 e. The van der Waals surface area contributed by atoms with E-state index in [0.29, 0.717) is 17.8 Å². The lowest BCUT2D eigenvalue weighted by Crippen LogP contribution is -2.15. The number of amides is 1. The molecule has 0 saturated heterocycles. The van der Waals surface area contributed by atoms with Crippen molar-refractivity contribution < 1.29 is 4.79 Å². The number of hydrogen-bond donors (Lipinski definition) is 2. The Morgan fingerprint density at radius 2 is 1.84 bits per heavy atom. The molecule has 3 N–H and O–H groups in total. The number of rotatable bonds is 3. The summed E-state index contributed by atoms with van der Waals surface area (Å²) in [5, 5.41) is 2.81. The highest BCUT2D eigenvalue weighted by molar-refractivity contribution is 9.10. The van der Waals surface area contributed by atoms with Gasteiger partial charge in [0.05, 0.1) is 17.8 Å². The minimum atomic E-state index is -0.0906. The van der Waals surface area contributed by atoms with Crippen LogP contribution in [-0.2, 0) is 11.2 Å². The summed E-state index contributed by atoms with van der Waals surface area (Å²) >= 11 is 6.71. The van der Waals surface area contributed by atoms with Crippen LogP contribution in [0.15, 0.2) is 51.4 Å². The van der Waals surface area contributed by atoms with E-state index in [1.807, 2.05) is 30.3 Å². The Labute approximate surface area is 128 Å². The first-order valence-corrected chi connectivity index (χ1v) is 7.22. The second-order valence-corrected chi connectivity index (χ2v) is 5.92. The third-order valence-electron chi connectivity index (χ3n) is 2.54. The van der Waals surface area contributed by atoms with E-state index in [4.69, 9.17) is 5.73 Å². The van der Waals surface area contributed by atoms with E-state index in [-0.39, 0.29) is 5.91 Å². The SMILES string of the molecule is Nc1cc(Br)ccc1NC(=O)Cc1cccc(Br)c1. The highest BCUT2D eigenvalue weighted by atomic mass is 79.9. The van der Waals surface area contributed by atoms with Crippen molar-refractivity contribution in [2.45, 2.75) is 6.42 Å². The molecule has 0 fully saturated rings. The fraction of sp³-hybridized carbons (Fsp3) is 0.0714. The quantitative estimate of drug-likeness (QED) is 0.787. The van der Waals surface area contributed by atoms with E-state index in [2.05, 4.69) is 37.2 Å². The van der Waals surface area contributed by atoms with Crippen molar-refractivity contribution >= 4 is 49.1 Å². The maximum absolute atomic E-state index is 11.9.